The Balaban J connectivity index is 1.30. The van der Waals surface area contributed by atoms with E-state index < -0.39 is 5.60 Å². The maximum atomic E-state index is 10.4. The summed E-state index contributed by atoms with van der Waals surface area (Å²) in [6.45, 7) is 1.79. The number of hydrogen-bond donors (Lipinski definition) is 3. The molecule has 0 aromatic carbocycles. The zero-order valence-electron chi connectivity index (χ0n) is 14.3. The summed E-state index contributed by atoms with van der Waals surface area (Å²) in [5.74, 6) is 3.29. The van der Waals surface area contributed by atoms with Crippen LogP contribution in [-0.4, -0.2) is 44.0 Å². The van der Waals surface area contributed by atoms with Gasteiger partial charge in [0.15, 0.2) is 5.82 Å². The molecule has 0 bridgehead atoms. The van der Waals surface area contributed by atoms with Crippen LogP contribution in [0, 0.1) is 5.92 Å². The Labute approximate surface area is 146 Å². The first-order chi connectivity index (χ1) is 12.2. The van der Waals surface area contributed by atoms with Gasteiger partial charge in [0.1, 0.15) is 5.82 Å². The van der Waals surface area contributed by atoms with Crippen molar-refractivity contribution in [1.29, 1.82) is 0 Å². The second kappa shape index (κ2) is 5.69. The summed E-state index contributed by atoms with van der Waals surface area (Å²) in [6.07, 6.45) is 8.35. The smallest absolute Gasteiger partial charge is 0.227 e. The molecule has 1 aliphatic heterocycles. The lowest BCUT2D eigenvalue weighted by atomic mass is 9.91. The number of hydrogen-bond acceptors (Lipinski definition) is 6. The number of rotatable bonds is 5. The number of nitrogens with one attached hydrogen (secondary N) is 2. The number of aliphatic hydroxyl groups is 1. The molecule has 3 heterocycles. The number of anilines is 3. The third-order valence-electron chi connectivity index (χ3n) is 5.74. The van der Waals surface area contributed by atoms with Crippen molar-refractivity contribution in [2.45, 2.75) is 50.0 Å². The Morgan fingerprint density at radius 3 is 2.92 bits per heavy atom. The van der Waals surface area contributed by atoms with Gasteiger partial charge in [0.05, 0.1) is 5.60 Å². The lowest BCUT2D eigenvalue weighted by Gasteiger charge is -2.35. The Morgan fingerprint density at radius 2 is 2.12 bits per heavy atom. The van der Waals surface area contributed by atoms with E-state index in [0.717, 1.165) is 56.4 Å². The molecular weight excluding hydrogens is 316 g/mol. The zero-order valence-corrected chi connectivity index (χ0v) is 14.3. The molecule has 5 rings (SSSR count). The second-order valence-electron chi connectivity index (χ2n) is 7.74. The molecule has 1 saturated heterocycles. The van der Waals surface area contributed by atoms with Crippen LogP contribution in [0.5, 0.6) is 0 Å². The average molecular weight is 340 g/mol. The first-order valence-corrected chi connectivity index (χ1v) is 9.32. The van der Waals surface area contributed by atoms with Crippen LogP contribution in [0.2, 0.25) is 0 Å². The standard InChI is InChI=1S/C18H24N6O/c25-18(6-7-18)13-2-1-9-24(11-13)17-19-8-5-15(21-17)20-16-10-14(22-23-16)12-3-4-12/h5,8,10,12-13,25H,1-4,6-7,9,11H2,(H2,19,20,21,22,23)/t13-/m0/s1. The van der Waals surface area contributed by atoms with Crippen molar-refractivity contribution in [2.75, 3.05) is 23.3 Å². The van der Waals surface area contributed by atoms with E-state index in [-0.39, 0.29) is 0 Å². The molecule has 7 heteroatoms. The van der Waals surface area contributed by atoms with Gasteiger partial charge in [0.25, 0.3) is 0 Å². The van der Waals surface area contributed by atoms with Crippen LogP contribution in [0.1, 0.15) is 50.1 Å². The fourth-order valence-electron chi connectivity index (χ4n) is 3.84. The molecule has 2 aromatic rings. The van der Waals surface area contributed by atoms with Crippen molar-refractivity contribution in [2.24, 2.45) is 5.92 Å². The summed E-state index contributed by atoms with van der Waals surface area (Å²) in [4.78, 5) is 11.3. The van der Waals surface area contributed by atoms with Gasteiger partial charge >= 0.3 is 0 Å². The minimum absolute atomic E-state index is 0.342. The van der Waals surface area contributed by atoms with Crippen LogP contribution in [-0.2, 0) is 0 Å². The molecule has 0 spiro atoms. The number of H-pyrrole nitrogens is 1. The normalized spacial score (nSPS) is 25.0. The van der Waals surface area contributed by atoms with Crippen molar-refractivity contribution < 1.29 is 5.11 Å². The van der Waals surface area contributed by atoms with Gasteiger partial charge in [0.2, 0.25) is 5.95 Å². The van der Waals surface area contributed by atoms with Crippen LogP contribution in [0.3, 0.4) is 0 Å². The van der Waals surface area contributed by atoms with Crippen molar-refractivity contribution in [3.05, 3.63) is 24.0 Å². The van der Waals surface area contributed by atoms with E-state index in [9.17, 15) is 5.11 Å². The number of aromatic amines is 1. The average Bonchev–Trinajstić information content (AvgIpc) is 3.57. The fourth-order valence-corrected chi connectivity index (χ4v) is 3.84. The third-order valence-corrected chi connectivity index (χ3v) is 5.74. The van der Waals surface area contributed by atoms with Crippen molar-refractivity contribution >= 4 is 17.6 Å². The van der Waals surface area contributed by atoms with E-state index >= 15 is 0 Å². The van der Waals surface area contributed by atoms with E-state index in [1.807, 2.05) is 6.07 Å². The van der Waals surface area contributed by atoms with Crippen LogP contribution < -0.4 is 10.2 Å². The number of aromatic nitrogens is 4. The van der Waals surface area contributed by atoms with Gasteiger partial charge in [-0.3, -0.25) is 5.10 Å². The predicted molar refractivity (Wildman–Crippen MR) is 95.0 cm³/mol. The van der Waals surface area contributed by atoms with Gasteiger partial charge in [-0.1, -0.05) is 0 Å². The molecule has 2 aromatic heterocycles. The van der Waals surface area contributed by atoms with Gasteiger partial charge in [-0.2, -0.15) is 10.1 Å². The lowest BCUT2D eigenvalue weighted by Crippen LogP contribution is -2.42. The summed E-state index contributed by atoms with van der Waals surface area (Å²) in [5.41, 5.74) is 0.774. The molecule has 1 atom stereocenters. The molecule has 7 nitrogen and oxygen atoms in total. The van der Waals surface area contributed by atoms with Crippen molar-refractivity contribution in [1.82, 2.24) is 20.2 Å². The quantitative estimate of drug-likeness (QED) is 0.775. The van der Waals surface area contributed by atoms with Crippen LogP contribution in [0.4, 0.5) is 17.6 Å². The molecule has 3 aliphatic rings. The summed E-state index contributed by atoms with van der Waals surface area (Å²) in [5, 5.41) is 21.1. The zero-order chi connectivity index (χ0) is 16.9. The summed E-state index contributed by atoms with van der Waals surface area (Å²) in [7, 11) is 0. The first-order valence-electron chi connectivity index (χ1n) is 9.32. The highest BCUT2D eigenvalue weighted by Gasteiger charge is 2.48. The Hall–Kier alpha value is -2.15. The second-order valence-corrected chi connectivity index (χ2v) is 7.74. The molecule has 25 heavy (non-hydrogen) atoms. The van der Waals surface area contributed by atoms with Crippen molar-refractivity contribution in [3.8, 4) is 0 Å². The van der Waals surface area contributed by atoms with E-state index in [2.05, 4.69) is 36.4 Å². The van der Waals surface area contributed by atoms with E-state index in [4.69, 9.17) is 0 Å². The van der Waals surface area contributed by atoms with Crippen LogP contribution in [0.15, 0.2) is 18.3 Å². The van der Waals surface area contributed by atoms with Gasteiger partial charge < -0.3 is 15.3 Å². The molecular formula is C18H24N6O. The maximum Gasteiger partial charge on any atom is 0.227 e. The SMILES string of the molecule is OC1([C@H]2CCCN(c3nccc(Nc4cc(C5CC5)[nH]n4)n3)C2)CC1. The largest absolute Gasteiger partial charge is 0.390 e. The number of nitrogens with zero attached hydrogens (tertiary/aromatic N) is 4. The molecule has 0 radical (unpaired) electrons. The van der Waals surface area contributed by atoms with Crippen LogP contribution in [0.25, 0.3) is 0 Å². The topological polar surface area (TPSA) is 90.0 Å². The predicted octanol–water partition coefficient (Wildman–Crippen LogP) is 2.56. The fraction of sp³-hybridized carbons (Fsp3) is 0.611. The molecule has 3 fully saturated rings. The van der Waals surface area contributed by atoms with Gasteiger partial charge in [-0.05, 0) is 44.6 Å². The Kier molecular flexibility index (Phi) is 3.45. The van der Waals surface area contributed by atoms with E-state index in [1.165, 1.54) is 18.5 Å². The van der Waals surface area contributed by atoms with Gasteiger partial charge in [-0.15, -0.1) is 0 Å². The molecule has 2 aliphatic carbocycles. The maximum absolute atomic E-state index is 10.4. The van der Waals surface area contributed by atoms with Gasteiger partial charge in [-0.25, -0.2) is 4.98 Å². The highest BCUT2D eigenvalue weighted by Crippen LogP contribution is 2.45. The molecule has 0 unspecified atom stereocenters. The molecule has 0 amide bonds. The highest BCUT2D eigenvalue weighted by molar-refractivity contribution is 5.53. The Bertz CT molecular complexity index is 766. The third kappa shape index (κ3) is 3.08. The van der Waals surface area contributed by atoms with Crippen molar-refractivity contribution in [3.63, 3.8) is 0 Å². The molecule has 132 valence electrons. The number of piperidine rings is 1. The van der Waals surface area contributed by atoms with E-state index in [1.54, 1.807) is 6.20 Å². The lowest BCUT2D eigenvalue weighted by molar-refractivity contribution is 0.0729. The first kappa shape index (κ1) is 15.1. The van der Waals surface area contributed by atoms with Gasteiger partial charge in [0, 0.05) is 42.9 Å². The summed E-state index contributed by atoms with van der Waals surface area (Å²) >= 11 is 0. The summed E-state index contributed by atoms with van der Waals surface area (Å²) < 4.78 is 0. The van der Waals surface area contributed by atoms with E-state index in [0.29, 0.717) is 11.8 Å². The van der Waals surface area contributed by atoms with Crippen LogP contribution >= 0.6 is 0 Å². The minimum Gasteiger partial charge on any atom is -0.390 e. The molecule has 3 N–H and O–H groups in total. The summed E-state index contributed by atoms with van der Waals surface area (Å²) in [6, 6.07) is 3.93. The Morgan fingerprint density at radius 1 is 1.24 bits per heavy atom. The minimum atomic E-state index is -0.428. The highest BCUT2D eigenvalue weighted by atomic mass is 16.3. The molecule has 2 saturated carbocycles. The monoisotopic (exact) mass is 340 g/mol.